The predicted molar refractivity (Wildman–Crippen MR) is 75.4 cm³/mol. The van der Waals surface area contributed by atoms with Gasteiger partial charge in [-0.2, -0.15) is 0 Å². The van der Waals surface area contributed by atoms with Crippen LogP contribution in [0.15, 0.2) is 42.5 Å². The highest BCUT2D eigenvalue weighted by Crippen LogP contribution is 2.31. The molecule has 0 aliphatic rings. The molecule has 1 N–H and O–H groups in total. The average Bonchev–Trinajstić information content (AvgIpc) is 2.46. The first-order valence-electron chi connectivity index (χ1n) is 6.36. The van der Waals surface area contributed by atoms with E-state index in [9.17, 15) is 9.90 Å². The quantitative estimate of drug-likeness (QED) is 0.820. The van der Waals surface area contributed by atoms with Crippen LogP contribution >= 0.6 is 0 Å². The van der Waals surface area contributed by atoms with E-state index >= 15 is 0 Å². The summed E-state index contributed by atoms with van der Waals surface area (Å²) < 4.78 is 11.1. The number of hydrogen-bond acceptors (Lipinski definition) is 4. The molecule has 0 aliphatic carbocycles. The summed E-state index contributed by atoms with van der Waals surface area (Å²) in [5.74, 6) is 1.14. The fraction of sp³-hybridized carbons (Fsp3) is 0.188. The number of ether oxygens (including phenoxy) is 2. The van der Waals surface area contributed by atoms with Gasteiger partial charge in [-0.3, -0.25) is 4.79 Å². The maximum Gasteiger partial charge on any atom is 0.172 e. The largest absolute Gasteiger partial charge is 0.508 e. The minimum absolute atomic E-state index is 0.180. The van der Waals surface area contributed by atoms with E-state index in [-0.39, 0.29) is 12.4 Å². The van der Waals surface area contributed by atoms with Gasteiger partial charge in [-0.1, -0.05) is 18.2 Å². The molecule has 0 fully saturated rings. The monoisotopic (exact) mass is 272 g/mol. The topological polar surface area (TPSA) is 55.8 Å². The highest BCUT2D eigenvalue weighted by molar-refractivity contribution is 5.81. The summed E-state index contributed by atoms with van der Waals surface area (Å²) in [6.45, 7) is 2.61. The van der Waals surface area contributed by atoms with Crippen molar-refractivity contribution < 1.29 is 19.4 Å². The summed E-state index contributed by atoms with van der Waals surface area (Å²) in [5, 5.41) is 9.41. The summed E-state index contributed by atoms with van der Waals surface area (Å²) >= 11 is 0. The van der Waals surface area contributed by atoms with Crippen LogP contribution in [0.3, 0.4) is 0 Å². The Morgan fingerprint density at radius 3 is 2.65 bits per heavy atom. The summed E-state index contributed by atoms with van der Waals surface area (Å²) in [7, 11) is 0. The highest BCUT2D eigenvalue weighted by Gasteiger charge is 2.10. The van der Waals surface area contributed by atoms with E-state index in [1.807, 2.05) is 13.0 Å². The summed E-state index contributed by atoms with van der Waals surface area (Å²) in [6, 6.07) is 12.0. The SMILES string of the molecule is CCOc1cccc(C=O)c1OCc1cccc(O)c1. The fourth-order valence-corrected chi connectivity index (χ4v) is 1.85. The molecule has 0 aromatic heterocycles. The second kappa shape index (κ2) is 6.61. The van der Waals surface area contributed by atoms with Crippen LogP contribution in [0, 0.1) is 0 Å². The Hall–Kier alpha value is -2.49. The Kier molecular flexibility index (Phi) is 4.60. The molecule has 0 unspecified atom stereocenters. The van der Waals surface area contributed by atoms with Gasteiger partial charge in [0, 0.05) is 0 Å². The lowest BCUT2D eigenvalue weighted by Crippen LogP contribution is -2.02. The number of carbonyl (C=O) groups is 1. The molecule has 0 atom stereocenters. The lowest BCUT2D eigenvalue weighted by atomic mass is 10.2. The summed E-state index contributed by atoms with van der Waals surface area (Å²) in [5.41, 5.74) is 1.25. The van der Waals surface area contributed by atoms with Gasteiger partial charge in [-0.25, -0.2) is 0 Å². The molecule has 2 rings (SSSR count). The van der Waals surface area contributed by atoms with Crippen LogP contribution in [-0.4, -0.2) is 18.0 Å². The highest BCUT2D eigenvalue weighted by atomic mass is 16.5. The number of carbonyl (C=O) groups excluding carboxylic acids is 1. The molecule has 0 saturated carbocycles. The molecule has 4 heteroatoms. The smallest absolute Gasteiger partial charge is 0.172 e. The van der Waals surface area contributed by atoms with E-state index in [0.29, 0.717) is 23.7 Å². The molecule has 0 saturated heterocycles. The fourth-order valence-electron chi connectivity index (χ4n) is 1.85. The van der Waals surface area contributed by atoms with Crippen molar-refractivity contribution in [2.75, 3.05) is 6.61 Å². The predicted octanol–water partition coefficient (Wildman–Crippen LogP) is 3.18. The minimum atomic E-state index is 0.180. The third-order valence-electron chi connectivity index (χ3n) is 2.73. The molecule has 20 heavy (non-hydrogen) atoms. The number of para-hydroxylation sites is 1. The van der Waals surface area contributed by atoms with Crippen molar-refractivity contribution in [2.45, 2.75) is 13.5 Å². The molecule has 0 aliphatic heterocycles. The number of benzene rings is 2. The average molecular weight is 272 g/mol. The number of aromatic hydroxyl groups is 1. The zero-order valence-corrected chi connectivity index (χ0v) is 11.2. The Morgan fingerprint density at radius 2 is 1.95 bits per heavy atom. The van der Waals surface area contributed by atoms with E-state index in [0.717, 1.165) is 11.8 Å². The first kappa shape index (κ1) is 13.9. The molecule has 4 nitrogen and oxygen atoms in total. The molecule has 2 aromatic carbocycles. The summed E-state index contributed by atoms with van der Waals surface area (Å²) in [6.07, 6.45) is 0.736. The van der Waals surface area contributed by atoms with Crippen LogP contribution in [0.5, 0.6) is 17.2 Å². The van der Waals surface area contributed by atoms with Gasteiger partial charge in [0.15, 0.2) is 17.8 Å². The van der Waals surface area contributed by atoms with E-state index < -0.39 is 0 Å². The van der Waals surface area contributed by atoms with Gasteiger partial charge >= 0.3 is 0 Å². The Balaban J connectivity index is 2.21. The van der Waals surface area contributed by atoms with Crippen molar-refractivity contribution in [3.05, 3.63) is 53.6 Å². The van der Waals surface area contributed by atoms with Crippen molar-refractivity contribution >= 4 is 6.29 Å². The van der Waals surface area contributed by atoms with Crippen molar-refractivity contribution in [1.82, 2.24) is 0 Å². The normalized spacial score (nSPS) is 10.1. The Bertz CT molecular complexity index is 593. The second-order valence-corrected chi connectivity index (χ2v) is 4.18. The van der Waals surface area contributed by atoms with Gasteiger partial charge in [0.25, 0.3) is 0 Å². The molecule has 0 amide bonds. The Morgan fingerprint density at radius 1 is 1.15 bits per heavy atom. The van der Waals surface area contributed by atoms with Crippen LogP contribution in [0.2, 0.25) is 0 Å². The van der Waals surface area contributed by atoms with E-state index in [2.05, 4.69) is 0 Å². The summed E-state index contributed by atoms with van der Waals surface area (Å²) in [4.78, 5) is 11.1. The van der Waals surface area contributed by atoms with Crippen molar-refractivity contribution in [3.63, 3.8) is 0 Å². The van der Waals surface area contributed by atoms with E-state index in [1.165, 1.54) is 0 Å². The number of phenolic OH excluding ortho intramolecular Hbond substituents is 1. The number of aldehydes is 1. The van der Waals surface area contributed by atoms with Crippen molar-refractivity contribution in [3.8, 4) is 17.2 Å². The van der Waals surface area contributed by atoms with Gasteiger partial charge in [0.1, 0.15) is 12.4 Å². The van der Waals surface area contributed by atoms with Crippen molar-refractivity contribution in [2.24, 2.45) is 0 Å². The van der Waals surface area contributed by atoms with Crippen LogP contribution in [0.1, 0.15) is 22.8 Å². The van der Waals surface area contributed by atoms with Crippen molar-refractivity contribution in [1.29, 1.82) is 0 Å². The van der Waals surface area contributed by atoms with Crippen LogP contribution < -0.4 is 9.47 Å². The van der Waals surface area contributed by atoms with Crippen LogP contribution in [-0.2, 0) is 6.61 Å². The molecule has 2 aromatic rings. The standard InChI is InChI=1S/C16H16O4/c1-2-19-15-8-4-6-13(10-17)16(15)20-11-12-5-3-7-14(18)9-12/h3-10,18H,2,11H2,1H3. The van der Waals surface area contributed by atoms with Crippen LogP contribution in [0.25, 0.3) is 0 Å². The number of hydrogen-bond donors (Lipinski definition) is 1. The third-order valence-corrected chi connectivity index (χ3v) is 2.73. The van der Waals surface area contributed by atoms with Crippen LogP contribution in [0.4, 0.5) is 0 Å². The van der Waals surface area contributed by atoms with E-state index in [4.69, 9.17) is 9.47 Å². The zero-order chi connectivity index (χ0) is 14.4. The lowest BCUT2D eigenvalue weighted by Gasteiger charge is -2.13. The first-order valence-corrected chi connectivity index (χ1v) is 6.36. The molecular weight excluding hydrogens is 256 g/mol. The van der Waals surface area contributed by atoms with Gasteiger partial charge in [0.05, 0.1) is 12.2 Å². The second-order valence-electron chi connectivity index (χ2n) is 4.18. The molecular formula is C16H16O4. The molecule has 0 bridgehead atoms. The third kappa shape index (κ3) is 3.29. The van der Waals surface area contributed by atoms with Gasteiger partial charge < -0.3 is 14.6 Å². The minimum Gasteiger partial charge on any atom is -0.508 e. The first-order chi connectivity index (χ1) is 9.74. The lowest BCUT2D eigenvalue weighted by molar-refractivity contribution is 0.111. The maximum atomic E-state index is 11.1. The number of rotatable bonds is 6. The van der Waals surface area contributed by atoms with Gasteiger partial charge in [-0.15, -0.1) is 0 Å². The molecule has 0 heterocycles. The molecule has 0 radical (unpaired) electrons. The zero-order valence-electron chi connectivity index (χ0n) is 11.2. The van der Waals surface area contributed by atoms with E-state index in [1.54, 1.807) is 36.4 Å². The van der Waals surface area contributed by atoms with Gasteiger partial charge in [-0.05, 0) is 36.8 Å². The molecule has 104 valence electrons. The molecule has 0 spiro atoms. The maximum absolute atomic E-state index is 11.1. The Labute approximate surface area is 117 Å². The number of phenols is 1. The van der Waals surface area contributed by atoms with Gasteiger partial charge in [0.2, 0.25) is 0 Å².